The number of hydrogen-bond acceptors (Lipinski definition) is 5. The van der Waals surface area contributed by atoms with Gasteiger partial charge in [0.15, 0.2) is 0 Å². The van der Waals surface area contributed by atoms with E-state index in [1.165, 1.54) is 0 Å². The molecule has 1 fully saturated rings. The summed E-state index contributed by atoms with van der Waals surface area (Å²) in [7, 11) is 1.68. The highest BCUT2D eigenvalue weighted by atomic mass is 16.5. The topological polar surface area (TPSA) is 60.0 Å². The van der Waals surface area contributed by atoms with Gasteiger partial charge < -0.3 is 19.5 Å². The van der Waals surface area contributed by atoms with Gasteiger partial charge in [-0.2, -0.15) is 0 Å². The molecule has 28 heavy (non-hydrogen) atoms. The molecule has 0 aliphatic carbocycles. The van der Waals surface area contributed by atoms with E-state index in [0.717, 1.165) is 30.2 Å². The molecule has 0 saturated carbocycles. The van der Waals surface area contributed by atoms with Gasteiger partial charge in [0.25, 0.3) is 0 Å². The largest absolute Gasteiger partial charge is 0.496 e. The summed E-state index contributed by atoms with van der Waals surface area (Å²) in [4.78, 5) is 14.7. The highest BCUT2D eigenvalue weighted by Gasteiger charge is 2.25. The van der Waals surface area contributed by atoms with Crippen LogP contribution in [0, 0.1) is 0 Å². The summed E-state index contributed by atoms with van der Waals surface area (Å²) in [6.45, 7) is 3.93. The van der Waals surface area contributed by atoms with Crippen molar-refractivity contribution in [1.29, 1.82) is 0 Å². The van der Waals surface area contributed by atoms with E-state index in [1.54, 1.807) is 7.11 Å². The van der Waals surface area contributed by atoms with Crippen LogP contribution in [-0.2, 0) is 9.53 Å². The summed E-state index contributed by atoms with van der Waals surface area (Å²) < 4.78 is 16.6. The summed E-state index contributed by atoms with van der Waals surface area (Å²) in [5, 5.41) is 3.06. The van der Waals surface area contributed by atoms with Crippen molar-refractivity contribution in [3.8, 4) is 11.5 Å². The van der Waals surface area contributed by atoms with Crippen molar-refractivity contribution in [2.24, 2.45) is 0 Å². The average Bonchev–Trinajstić information content (AvgIpc) is 2.76. The minimum atomic E-state index is -0.0240. The van der Waals surface area contributed by atoms with Gasteiger partial charge in [-0.1, -0.05) is 36.4 Å². The molecule has 0 aromatic heterocycles. The van der Waals surface area contributed by atoms with Crippen LogP contribution in [0.15, 0.2) is 54.6 Å². The number of morpholine rings is 1. The van der Waals surface area contributed by atoms with Gasteiger partial charge in [-0.15, -0.1) is 0 Å². The number of carbonyl (C=O) groups is 1. The van der Waals surface area contributed by atoms with Crippen LogP contribution in [-0.4, -0.2) is 57.4 Å². The number of hydrogen-bond donors (Lipinski definition) is 1. The molecule has 6 heteroatoms. The van der Waals surface area contributed by atoms with Gasteiger partial charge in [-0.25, -0.2) is 0 Å². The first-order valence-corrected chi connectivity index (χ1v) is 9.67. The molecular weight excluding hydrogens is 356 g/mol. The Morgan fingerprint density at radius 3 is 2.57 bits per heavy atom. The number of rotatable bonds is 9. The van der Waals surface area contributed by atoms with Crippen molar-refractivity contribution < 1.29 is 19.0 Å². The van der Waals surface area contributed by atoms with Gasteiger partial charge in [0, 0.05) is 25.2 Å². The van der Waals surface area contributed by atoms with Crippen molar-refractivity contribution >= 4 is 5.91 Å². The number of para-hydroxylation sites is 2. The first-order valence-electron chi connectivity index (χ1n) is 9.67. The Morgan fingerprint density at radius 1 is 1.11 bits per heavy atom. The van der Waals surface area contributed by atoms with Gasteiger partial charge in [-0.3, -0.25) is 9.69 Å². The lowest BCUT2D eigenvalue weighted by Crippen LogP contribution is -2.44. The normalized spacial score (nSPS) is 15.6. The van der Waals surface area contributed by atoms with Crippen LogP contribution in [0.5, 0.6) is 11.5 Å². The Balaban J connectivity index is 1.57. The molecule has 1 N–H and O–H groups in total. The number of amides is 1. The zero-order valence-electron chi connectivity index (χ0n) is 16.3. The Bertz CT molecular complexity index is 732. The molecule has 0 bridgehead atoms. The van der Waals surface area contributed by atoms with E-state index < -0.39 is 0 Å². The van der Waals surface area contributed by atoms with E-state index in [4.69, 9.17) is 14.2 Å². The molecule has 1 aliphatic heterocycles. The second kappa shape index (κ2) is 10.7. The highest BCUT2D eigenvalue weighted by Crippen LogP contribution is 2.29. The molecule has 1 unspecified atom stereocenters. The molecular formula is C22H28N2O4. The lowest BCUT2D eigenvalue weighted by molar-refractivity contribution is -0.121. The molecule has 2 aromatic rings. The third kappa shape index (κ3) is 5.71. The summed E-state index contributed by atoms with van der Waals surface area (Å²) >= 11 is 0. The summed E-state index contributed by atoms with van der Waals surface area (Å²) in [5.41, 5.74) is 1.08. The number of nitrogens with zero attached hydrogens (tertiary/aromatic N) is 1. The Labute approximate surface area is 166 Å². The summed E-state index contributed by atoms with van der Waals surface area (Å²) in [5.74, 6) is 1.58. The molecule has 0 spiro atoms. The predicted molar refractivity (Wildman–Crippen MR) is 108 cm³/mol. The molecule has 3 rings (SSSR count). The van der Waals surface area contributed by atoms with Crippen LogP contribution in [0.1, 0.15) is 18.0 Å². The van der Waals surface area contributed by atoms with Crippen molar-refractivity contribution in [1.82, 2.24) is 10.2 Å². The van der Waals surface area contributed by atoms with Gasteiger partial charge in [0.05, 0.1) is 39.4 Å². The maximum absolute atomic E-state index is 12.3. The van der Waals surface area contributed by atoms with Crippen LogP contribution in [0.25, 0.3) is 0 Å². The van der Waals surface area contributed by atoms with Crippen molar-refractivity contribution in [3.63, 3.8) is 0 Å². The molecule has 1 amide bonds. The van der Waals surface area contributed by atoms with Crippen LogP contribution in [0.3, 0.4) is 0 Å². The van der Waals surface area contributed by atoms with Gasteiger partial charge >= 0.3 is 0 Å². The maximum atomic E-state index is 12.3. The van der Waals surface area contributed by atoms with Crippen molar-refractivity contribution in [3.05, 3.63) is 60.2 Å². The number of methoxy groups -OCH3 is 1. The van der Waals surface area contributed by atoms with E-state index in [0.29, 0.717) is 32.8 Å². The van der Waals surface area contributed by atoms with Gasteiger partial charge in [-0.05, 0) is 18.2 Å². The quantitative estimate of drug-likeness (QED) is 0.720. The average molecular weight is 384 g/mol. The fraction of sp³-hybridized carbons (Fsp3) is 0.409. The molecule has 1 saturated heterocycles. The molecule has 1 heterocycles. The fourth-order valence-electron chi connectivity index (χ4n) is 3.34. The SMILES string of the molecule is COc1ccccc1C(CNC(=O)CCOc1ccccc1)N1CCOCC1. The lowest BCUT2D eigenvalue weighted by atomic mass is 10.0. The standard InChI is InChI=1S/C22H28N2O4/c1-26-21-10-6-5-9-19(21)20(24-12-15-27-16-13-24)17-23-22(25)11-14-28-18-7-3-2-4-8-18/h2-10,20H,11-17H2,1H3,(H,23,25). The molecule has 0 radical (unpaired) electrons. The number of carbonyl (C=O) groups excluding carboxylic acids is 1. The zero-order chi connectivity index (χ0) is 19.6. The van der Waals surface area contributed by atoms with E-state index in [-0.39, 0.29) is 11.9 Å². The van der Waals surface area contributed by atoms with Crippen LogP contribution in [0.4, 0.5) is 0 Å². The third-order valence-corrected chi connectivity index (χ3v) is 4.82. The summed E-state index contributed by atoms with van der Waals surface area (Å²) in [6.07, 6.45) is 0.316. The van der Waals surface area contributed by atoms with Crippen LogP contribution in [0.2, 0.25) is 0 Å². The van der Waals surface area contributed by atoms with E-state index in [9.17, 15) is 4.79 Å². The predicted octanol–water partition coefficient (Wildman–Crippen LogP) is 2.65. The Hall–Kier alpha value is -2.57. The van der Waals surface area contributed by atoms with E-state index >= 15 is 0 Å². The molecule has 1 aliphatic rings. The van der Waals surface area contributed by atoms with Gasteiger partial charge in [0.1, 0.15) is 11.5 Å². The third-order valence-electron chi connectivity index (χ3n) is 4.82. The van der Waals surface area contributed by atoms with E-state index in [1.807, 2.05) is 48.5 Å². The molecule has 1 atom stereocenters. The highest BCUT2D eigenvalue weighted by molar-refractivity contribution is 5.76. The lowest BCUT2D eigenvalue weighted by Gasteiger charge is -2.35. The number of benzene rings is 2. The van der Waals surface area contributed by atoms with Crippen LogP contribution >= 0.6 is 0 Å². The van der Waals surface area contributed by atoms with Crippen molar-refractivity contribution in [2.75, 3.05) is 46.6 Å². The van der Waals surface area contributed by atoms with Gasteiger partial charge in [0.2, 0.25) is 5.91 Å². The second-order valence-electron chi connectivity index (χ2n) is 6.62. The Kier molecular flexibility index (Phi) is 7.70. The summed E-state index contributed by atoms with van der Waals surface area (Å²) in [6, 6.07) is 17.5. The molecule has 2 aromatic carbocycles. The fourth-order valence-corrected chi connectivity index (χ4v) is 3.34. The second-order valence-corrected chi connectivity index (χ2v) is 6.62. The first-order chi connectivity index (χ1) is 13.8. The van der Waals surface area contributed by atoms with E-state index in [2.05, 4.69) is 16.3 Å². The zero-order valence-corrected chi connectivity index (χ0v) is 16.3. The molecule has 150 valence electrons. The maximum Gasteiger partial charge on any atom is 0.223 e. The van der Waals surface area contributed by atoms with Crippen molar-refractivity contribution in [2.45, 2.75) is 12.5 Å². The molecule has 6 nitrogen and oxygen atoms in total. The van der Waals surface area contributed by atoms with Crippen LogP contribution < -0.4 is 14.8 Å². The smallest absolute Gasteiger partial charge is 0.223 e. The minimum Gasteiger partial charge on any atom is -0.496 e. The monoisotopic (exact) mass is 384 g/mol. The Morgan fingerprint density at radius 2 is 1.82 bits per heavy atom. The number of ether oxygens (including phenoxy) is 3. The number of nitrogens with one attached hydrogen (secondary N) is 1. The minimum absolute atomic E-state index is 0.0240. The first kappa shape index (κ1) is 20.2.